The quantitative estimate of drug-likeness (QED) is 0.106. The van der Waals surface area contributed by atoms with Crippen molar-refractivity contribution in [2.24, 2.45) is 17.6 Å². The summed E-state index contributed by atoms with van der Waals surface area (Å²) in [6, 6.07) is 7.13. The molecule has 190 valence electrons. The molecular weight excluding hydrogens is 448 g/mol. The Bertz CT molecular complexity index is 1020. The number of nitrogens with two attached hydrogens (primary N) is 2. The van der Waals surface area contributed by atoms with Gasteiger partial charge in [-0.15, -0.1) is 0 Å². The van der Waals surface area contributed by atoms with Crippen LogP contribution in [0.15, 0.2) is 42.4 Å². The summed E-state index contributed by atoms with van der Waals surface area (Å²) in [4.78, 5) is 33.2. The summed E-state index contributed by atoms with van der Waals surface area (Å²) in [5.41, 5.74) is 9.13. The maximum Gasteiger partial charge on any atom is 0.270 e. The molecule has 1 heterocycles. The summed E-state index contributed by atoms with van der Waals surface area (Å²) in [6.07, 6.45) is 3.20. The van der Waals surface area contributed by atoms with Crippen LogP contribution < -0.4 is 33.2 Å². The molecule has 0 atom stereocenters. The average Bonchev–Trinajstić information content (AvgIpc) is 2.86. The maximum atomic E-state index is 12.7. The number of hydrogen-bond acceptors (Lipinski definition) is 9. The molecule has 0 saturated heterocycles. The standard InChI is InChI=1S/C24H36N8O3/c1-5-17-8-18(22(31-25)32-26)6-7-19(17)11-28-24(34)21-9-20(29-14-30-21)23(33)27-10-16(4)13-35-12-15(2)3/h6-9,13-15,22,31-32H,5,10-12,25-26H2,1-4H3,(H,27,33)(H,28,34)/b16-13+. The molecule has 0 fully saturated rings. The van der Waals surface area contributed by atoms with E-state index in [-0.39, 0.29) is 17.6 Å². The van der Waals surface area contributed by atoms with E-state index in [1.54, 1.807) is 6.26 Å². The number of benzene rings is 1. The molecule has 2 rings (SSSR count). The van der Waals surface area contributed by atoms with Crippen LogP contribution in [0.4, 0.5) is 0 Å². The zero-order valence-electron chi connectivity index (χ0n) is 20.7. The van der Waals surface area contributed by atoms with E-state index in [1.807, 2.05) is 32.0 Å². The first kappa shape index (κ1) is 27.9. The van der Waals surface area contributed by atoms with E-state index >= 15 is 0 Å². The number of ether oxygens (including phenoxy) is 1. The van der Waals surface area contributed by atoms with Gasteiger partial charge in [-0.25, -0.2) is 20.8 Å². The van der Waals surface area contributed by atoms with Gasteiger partial charge in [0.15, 0.2) is 0 Å². The van der Waals surface area contributed by atoms with Crippen molar-refractivity contribution in [3.63, 3.8) is 0 Å². The van der Waals surface area contributed by atoms with Gasteiger partial charge in [0.2, 0.25) is 0 Å². The number of amides is 2. The molecule has 11 nitrogen and oxygen atoms in total. The fourth-order valence-electron chi connectivity index (χ4n) is 3.17. The van der Waals surface area contributed by atoms with Crippen LogP contribution in [-0.4, -0.2) is 34.9 Å². The van der Waals surface area contributed by atoms with Crippen molar-refractivity contribution in [3.05, 3.63) is 70.5 Å². The highest BCUT2D eigenvalue weighted by Crippen LogP contribution is 2.17. The first-order valence-corrected chi connectivity index (χ1v) is 11.5. The largest absolute Gasteiger partial charge is 0.501 e. The average molecular weight is 485 g/mol. The van der Waals surface area contributed by atoms with Crippen LogP contribution in [0.5, 0.6) is 0 Å². The number of nitrogens with one attached hydrogen (secondary N) is 4. The SMILES string of the molecule is CCc1cc(C(NN)NN)ccc1CNC(=O)c1cc(C(=O)NC/C(C)=C/OCC(C)C)ncn1. The topological polar surface area (TPSA) is 169 Å². The summed E-state index contributed by atoms with van der Waals surface area (Å²) in [5, 5.41) is 5.61. The van der Waals surface area contributed by atoms with Gasteiger partial charge in [0.1, 0.15) is 23.9 Å². The molecule has 2 aromatic rings. The number of hydrazine groups is 2. The van der Waals surface area contributed by atoms with Crippen LogP contribution in [0.1, 0.15) is 71.5 Å². The molecule has 1 aromatic carbocycles. The first-order valence-electron chi connectivity index (χ1n) is 11.5. The number of hydrogen-bond donors (Lipinski definition) is 6. The first-order chi connectivity index (χ1) is 16.8. The molecule has 0 aliphatic rings. The van der Waals surface area contributed by atoms with E-state index in [0.717, 1.165) is 28.7 Å². The van der Waals surface area contributed by atoms with Gasteiger partial charge in [0.25, 0.3) is 11.8 Å². The molecule has 0 saturated carbocycles. The van der Waals surface area contributed by atoms with Gasteiger partial charge in [-0.1, -0.05) is 39.0 Å². The van der Waals surface area contributed by atoms with Gasteiger partial charge in [-0.05, 0) is 41.5 Å². The molecule has 1 aromatic heterocycles. The van der Waals surface area contributed by atoms with E-state index in [9.17, 15) is 9.59 Å². The Balaban J connectivity index is 1.99. The van der Waals surface area contributed by atoms with Gasteiger partial charge in [-0.3, -0.25) is 21.3 Å². The van der Waals surface area contributed by atoms with Gasteiger partial charge < -0.3 is 15.4 Å². The summed E-state index contributed by atoms with van der Waals surface area (Å²) in [7, 11) is 0. The van der Waals surface area contributed by atoms with E-state index in [0.29, 0.717) is 25.6 Å². The van der Waals surface area contributed by atoms with Crippen LogP contribution in [0.3, 0.4) is 0 Å². The Morgan fingerprint density at radius 3 is 2.29 bits per heavy atom. The van der Waals surface area contributed by atoms with Crippen LogP contribution in [0.25, 0.3) is 0 Å². The second kappa shape index (κ2) is 14.1. The fraction of sp³-hybridized carbons (Fsp3) is 0.417. The third-order valence-electron chi connectivity index (χ3n) is 5.09. The van der Waals surface area contributed by atoms with Crippen molar-refractivity contribution >= 4 is 11.8 Å². The smallest absolute Gasteiger partial charge is 0.270 e. The molecule has 35 heavy (non-hydrogen) atoms. The van der Waals surface area contributed by atoms with Crippen molar-refractivity contribution < 1.29 is 14.3 Å². The minimum absolute atomic E-state index is 0.104. The summed E-state index contributed by atoms with van der Waals surface area (Å²) < 4.78 is 5.45. The minimum Gasteiger partial charge on any atom is -0.501 e. The number of aromatic nitrogens is 2. The predicted octanol–water partition coefficient (Wildman–Crippen LogP) is 1.20. The third kappa shape index (κ3) is 8.72. The zero-order valence-corrected chi connectivity index (χ0v) is 20.7. The Kier molecular flexibility index (Phi) is 11.2. The highest BCUT2D eigenvalue weighted by Gasteiger charge is 2.15. The van der Waals surface area contributed by atoms with Gasteiger partial charge >= 0.3 is 0 Å². The molecule has 0 bridgehead atoms. The number of nitrogens with zero attached hydrogens (tertiary/aromatic N) is 2. The molecule has 0 aliphatic heterocycles. The lowest BCUT2D eigenvalue weighted by Crippen LogP contribution is -2.42. The highest BCUT2D eigenvalue weighted by atomic mass is 16.5. The van der Waals surface area contributed by atoms with Gasteiger partial charge in [0, 0.05) is 19.2 Å². The van der Waals surface area contributed by atoms with Crippen molar-refractivity contribution in [2.45, 2.75) is 46.8 Å². The van der Waals surface area contributed by atoms with Crippen LogP contribution in [0.2, 0.25) is 0 Å². The molecule has 0 aliphatic carbocycles. The lowest BCUT2D eigenvalue weighted by atomic mass is 10.0. The van der Waals surface area contributed by atoms with Crippen molar-refractivity contribution in [2.75, 3.05) is 13.2 Å². The Morgan fingerprint density at radius 2 is 1.69 bits per heavy atom. The van der Waals surface area contributed by atoms with Crippen molar-refractivity contribution in [1.82, 2.24) is 31.5 Å². The van der Waals surface area contributed by atoms with E-state index in [2.05, 4.69) is 45.3 Å². The van der Waals surface area contributed by atoms with E-state index < -0.39 is 11.8 Å². The number of carbonyl (C=O) groups is 2. The zero-order chi connectivity index (χ0) is 25.8. The van der Waals surface area contributed by atoms with Gasteiger partial charge in [-0.2, -0.15) is 0 Å². The molecule has 0 unspecified atom stereocenters. The molecule has 8 N–H and O–H groups in total. The lowest BCUT2D eigenvalue weighted by molar-refractivity contribution is 0.0945. The molecule has 0 spiro atoms. The third-order valence-corrected chi connectivity index (χ3v) is 5.09. The summed E-state index contributed by atoms with van der Waals surface area (Å²) >= 11 is 0. The Labute approximate surface area is 206 Å². The predicted molar refractivity (Wildman–Crippen MR) is 133 cm³/mol. The fourth-order valence-corrected chi connectivity index (χ4v) is 3.17. The van der Waals surface area contributed by atoms with E-state index in [1.165, 1.54) is 12.4 Å². The number of rotatable bonds is 13. The van der Waals surface area contributed by atoms with Gasteiger partial charge in [0.05, 0.1) is 12.9 Å². The molecule has 2 amide bonds. The number of aryl methyl sites for hydroxylation is 1. The minimum atomic E-state index is -0.407. The lowest BCUT2D eigenvalue weighted by Gasteiger charge is -2.18. The molecular formula is C24H36N8O3. The van der Waals surface area contributed by atoms with E-state index in [4.69, 9.17) is 16.4 Å². The van der Waals surface area contributed by atoms with Crippen LogP contribution in [0, 0.1) is 5.92 Å². The van der Waals surface area contributed by atoms with Crippen molar-refractivity contribution in [3.8, 4) is 0 Å². The number of carbonyl (C=O) groups excluding carboxylic acids is 2. The molecule has 0 radical (unpaired) electrons. The van der Waals surface area contributed by atoms with Crippen molar-refractivity contribution in [1.29, 1.82) is 0 Å². The Morgan fingerprint density at radius 1 is 1.03 bits per heavy atom. The maximum absolute atomic E-state index is 12.7. The summed E-state index contributed by atoms with van der Waals surface area (Å²) in [6.45, 7) is 9.20. The summed E-state index contributed by atoms with van der Waals surface area (Å²) in [5.74, 6) is 10.6. The monoisotopic (exact) mass is 484 g/mol. The second-order valence-electron chi connectivity index (χ2n) is 8.49. The second-order valence-corrected chi connectivity index (χ2v) is 8.49. The Hall–Kier alpha value is -3.38. The molecule has 11 heteroatoms. The van der Waals surface area contributed by atoms with Crippen LogP contribution >= 0.6 is 0 Å². The normalized spacial score (nSPS) is 11.6. The highest BCUT2D eigenvalue weighted by molar-refractivity contribution is 5.97. The van der Waals surface area contributed by atoms with Crippen LogP contribution in [-0.2, 0) is 17.7 Å².